The summed E-state index contributed by atoms with van der Waals surface area (Å²) in [5, 5.41) is 3.86. The molecule has 0 heterocycles. The molecule has 4 heteroatoms. The van der Waals surface area contributed by atoms with E-state index in [2.05, 4.69) is 5.32 Å². The highest BCUT2D eigenvalue weighted by Crippen LogP contribution is 2.26. The van der Waals surface area contributed by atoms with Gasteiger partial charge in [0.2, 0.25) is 0 Å². The van der Waals surface area contributed by atoms with Gasteiger partial charge in [0.1, 0.15) is 5.75 Å². The van der Waals surface area contributed by atoms with E-state index in [1.54, 1.807) is 12.1 Å². The number of hydrogen-bond donors (Lipinski definition) is 2. The lowest BCUT2D eigenvalue weighted by Gasteiger charge is -2.10. The van der Waals surface area contributed by atoms with E-state index in [9.17, 15) is 0 Å². The van der Waals surface area contributed by atoms with Gasteiger partial charge < -0.3 is 15.8 Å². The lowest BCUT2D eigenvalue weighted by molar-refractivity contribution is 0.340. The molecule has 0 atom stereocenters. The van der Waals surface area contributed by atoms with Crippen molar-refractivity contribution in [2.24, 2.45) is 0 Å². The van der Waals surface area contributed by atoms with E-state index in [1.807, 2.05) is 37.3 Å². The topological polar surface area (TPSA) is 47.3 Å². The quantitative estimate of drug-likeness (QED) is 0.817. The van der Waals surface area contributed by atoms with Crippen LogP contribution in [0.15, 0.2) is 42.5 Å². The second-order valence-electron chi connectivity index (χ2n) is 3.81. The molecule has 0 aliphatic carbocycles. The third kappa shape index (κ3) is 3.08. The molecular weight excluding hydrogens is 248 g/mol. The van der Waals surface area contributed by atoms with E-state index in [0.717, 1.165) is 17.1 Å². The van der Waals surface area contributed by atoms with Crippen LogP contribution in [0.1, 0.15) is 6.92 Å². The summed E-state index contributed by atoms with van der Waals surface area (Å²) in [7, 11) is 0. The number of nitrogens with two attached hydrogens (primary N) is 1. The van der Waals surface area contributed by atoms with E-state index in [0.29, 0.717) is 17.3 Å². The number of benzene rings is 2. The fraction of sp³-hybridized carbons (Fsp3) is 0.143. The molecular formula is C14H15ClN2O. The minimum Gasteiger partial charge on any atom is -0.494 e. The van der Waals surface area contributed by atoms with Crippen LogP contribution in [0.2, 0.25) is 5.02 Å². The standard InChI is InChI=1S/C14H15ClN2O/c1-2-18-12-6-4-11(5-7-12)17-14-8-3-10(15)9-13(14)16/h3-9,17H,2,16H2,1H3. The minimum atomic E-state index is 0.622. The van der Waals surface area contributed by atoms with Crippen molar-refractivity contribution in [3.63, 3.8) is 0 Å². The Morgan fingerprint density at radius 1 is 1.17 bits per heavy atom. The molecule has 0 aliphatic heterocycles. The first-order valence-corrected chi connectivity index (χ1v) is 6.11. The van der Waals surface area contributed by atoms with Gasteiger partial charge in [-0.2, -0.15) is 0 Å². The van der Waals surface area contributed by atoms with Crippen LogP contribution in [0.5, 0.6) is 5.75 Å². The number of rotatable bonds is 4. The van der Waals surface area contributed by atoms with Crippen LogP contribution in [0.4, 0.5) is 17.1 Å². The molecule has 0 aromatic heterocycles. The van der Waals surface area contributed by atoms with Gasteiger partial charge in [0.15, 0.2) is 0 Å². The molecule has 2 rings (SSSR count). The van der Waals surface area contributed by atoms with Gasteiger partial charge in [0, 0.05) is 10.7 Å². The molecule has 0 aliphatic rings. The lowest BCUT2D eigenvalue weighted by atomic mass is 10.2. The summed E-state index contributed by atoms with van der Waals surface area (Å²) in [6, 6.07) is 13.1. The number of hydrogen-bond acceptors (Lipinski definition) is 3. The Bertz CT molecular complexity index is 526. The zero-order chi connectivity index (χ0) is 13.0. The number of halogens is 1. The second kappa shape index (κ2) is 5.65. The summed E-state index contributed by atoms with van der Waals surface area (Å²) in [5.74, 6) is 0.854. The zero-order valence-corrected chi connectivity index (χ0v) is 10.9. The van der Waals surface area contributed by atoms with E-state index < -0.39 is 0 Å². The Balaban J connectivity index is 2.13. The van der Waals surface area contributed by atoms with Crippen LogP contribution in [-0.4, -0.2) is 6.61 Å². The molecule has 0 saturated carbocycles. The van der Waals surface area contributed by atoms with Crippen molar-refractivity contribution in [2.75, 3.05) is 17.7 Å². The normalized spacial score (nSPS) is 10.1. The maximum atomic E-state index is 5.88. The van der Waals surface area contributed by atoms with Crippen LogP contribution >= 0.6 is 11.6 Å². The molecule has 2 aromatic carbocycles. The smallest absolute Gasteiger partial charge is 0.119 e. The molecule has 0 radical (unpaired) electrons. The summed E-state index contributed by atoms with van der Waals surface area (Å²) in [4.78, 5) is 0. The average Bonchev–Trinajstić information content (AvgIpc) is 2.35. The van der Waals surface area contributed by atoms with Gasteiger partial charge in [-0.15, -0.1) is 0 Å². The molecule has 0 amide bonds. The van der Waals surface area contributed by atoms with Crippen LogP contribution in [-0.2, 0) is 0 Å². The Morgan fingerprint density at radius 3 is 2.50 bits per heavy atom. The maximum absolute atomic E-state index is 5.88. The molecule has 0 spiro atoms. The number of nitrogen functional groups attached to an aromatic ring is 1. The average molecular weight is 263 g/mol. The van der Waals surface area contributed by atoms with Crippen molar-refractivity contribution in [1.82, 2.24) is 0 Å². The third-order valence-corrected chi connectivity index (χ3v) is 2.69. The highest BCUT2D eigenvalue weighted by molar-refractivity contribution is 6.31. The molecule has 0 fully saturated rings. The predicted molar refractivity (Wildman–Crippen MR) is 76.8 cm³/mol. The highest BCUT2D eigenvalue weighted by atomic mass is 35.5. The first-order valence-electron chi connectivity index (χ1n) is 5.74. The molecule has 3 nitrogen and oxygen atoms in total. The van der Waals surface area contributed by atoms with Crippen molar-refractivity contribution in [3.8, 4) is 5.75 Å². The van der Waals surface area contributed by atoms with E-state index >= 15 is 0 Å². The van der Waals surface area contributed by atoms with Gasteiger partial charge in [0.05, 0.1) is 18.0 Å². The third-order valence-electron chi connectivity index (χ3n) is 2.46. The molecule has 3 N–H and O–H groups in total. The molecule has 0 saturated heterocycles. The summed E-state index contributed by atoms with van der Waals surface area (Å²) in [6.07, 6.45) is 0. The van der Waals surface area contributed by atoms with Crippen molar-refractivity contribution >= 4 is 28.7 Å². The number of anilines is 3. The molecule has 18 heavy (non-hydrogen) atoms. The largest absolute Gasteiger partial charge is 0.494 e. The SMILES string of the molecule is CCOc1ccc(Nc2ccc(Cl)cc2N)cc1. The van der Waals surface area contributed by atoms with Crippen LogP contribution in [0.3, 0.4) is 0 Å². The van der Waals surface area contributed by atoms with Crippen molar-refractivity contribution in [1.29, 1.82) is 0 Å². The number of ether oxygens (including phenoxy) is 1. The predicted octanol–water partition coefficient (Wildman–Crippen LogP) is 4.06. The van der Waals surface area contributed by atoms with Crippen LogP contribution < -0.4 is 15.8 Å². The second-order valence-corrected chi connectivity index (χ2v) is 4.25. The van der Waals surface area contributed by atoms with Gasteiger partial charge in [-0.1, -0.05) is 11.6 Å². The van der Waals surface area contributed by atoms with Crippen LogP contribution in [0.25, 0.3) is 0 Å². The Hall–Kier alpha value is -1.87. The van der Waals surface area contributed by atoms with E-state index in [4.69, 9.17) is 22.1 Å². The molecule has 0 unspecified atom stereocenters. The fourth-order valence-corrected chi connectivity index (χ4v) is 1.78. The van der Waals surface area contributed by atoms with E-state index in [1.165, 1.54) is 0 Å². The molecule has 0 bridgehead atoms. The van der Waals surface area contributed by atoms with Gasteiger partial charge in [0.25, 0.3) is 0 Å². The summed E-state index contributed by atoms with van der Waals surface area (Å²) >= 11 is 5.85. The first-order chi connectivity index (χ1) is 8.69. The Kier molecular flexibility index (Phi) is 3.95. The van der Waals surface area contributed by atoms with Crippen LogP contribution in [0, 0.1) is 0 Å². The van der Waals surface area contributed by atoms with Gasteiger partial charge in [-0.05, 0) is 49.4 Å². The zero-order valence-electron chi connectivity index (χ0n) is 10.1. The summed E-state index contributed by atoms with van der Waals surface area (Å²) in [5.41, 5.74) is 8.28. The van der Waals surface area contributed by atoms with Crippen molar-refractivity contribution < 1.29 is 4.74 Å². The molecule has 94 valence electrons. The monoisotopic (exact) mass is 262 g/mol. The highest BCUT2D eigenvalue weighted by Gasteiger charge is 2.01. The maximum Gasteiger partial charge on any atom is 0.119 e. The van der Waals surface area contributed by atoms with Crippen molar-refractivity contribution in [2.45, 2.75) is 6.92 Å². The van der Waals surface area contributed by atoms with Gasteiger partial charge in [-0.3, -0.25) is 0 Å². The minimum absolute atomic E-state index is 0.622. The fourth-order valence-electron chi connectivity index (χ4n) is 1.60. The van der Waals surface area contributed by atoms with Gasteiger partial charge >= 0.3 is 0 Å². The Morgan fingerprint density at radius 2 is 1.89 bits per heavy atom. The van der Waals surface area contributed by atoms with E-state index in [-0.39, 0.29) is 0 Å². The first kappa shape index (κ1) is 12.6. The summed E-state index contributed by atoms with van der Waals surface area (Å²) < 4.78 is 5.38. The number of nitrogens with one attached hydrogen (secondary N) is 1. The Labute approximate surface area is 112 Å². The van der Waals surface area contributed by atoms with Crippen molar-refractivity contribution in [3.05, 3.63) is 47.5 Å². The van der Waals surface area contributed by atoms with Gasteiger partial charge in [-0.25, -0.2) is 0 Å². The lowest BCUT2D eigenvalue weighted by Crippen LogP contribution is -1.96. The summed E-state index contributed by atoms with van der Waals surface area (Å²) in [6.45, 7) is 2.62. The molecule has 2 aromatic rings.